The summed E-state index contributed by atoms with van der Waals surface area (Å²) in [5, 5.41) is 12.1. The molecular weight excluding hydrogens is 370 g/mol. The van der Waals surface area contributed by atoms with Crippen LogP contribution in [0.1, 0.15) is 44.2 Å². The number of hydrogen-bond donors (Lipinski definition) is 2. The van der Waals surface area contributed by atoms with E-state index in [0.717, 1.165) is 36.6 Å². The third kappa shape index (κ3) is 4.29. The number of halogens is 4. The molecule has 2 unspecified atom stereocenters. The van der Waals surface area contributed by atoms with E-state index in [9.17, 15) is 17.6 Å². The van der Waals surface area contributed by atoms with E-state index in [-0.39, 0.29) is 29.4 Å². The molecule has 27 heavy (non-hydrogen) atoms. The Kier molecular flexibility index (Phi) is 5.80. The minimum Gasteiger partial charge on any atom is -0.394 e. The molecule has 1 aliphatic rings. The van der Waals surface area contributed by atoms with Gasteiger partial charge in [-0.2, -0.15) is 13.2 Å². The maximum atomic E-state index is 14.7. The molecule has 2 aromatic heterocycles. The lowest BCUT2D eigenvalue weighted by Gasteiger charge is -2.18. The summed E-state index contributed by atoms with van der Waals surface area (Å²) in [5.74, 6) is -1.40. The van der Waals surface area contributed by atoms with Crippen molar-refractivity contribution in [2.75, 3.05) is 19.0 Å². The second-order valence-corrected chi connectivity index (χ2v) is 6.55. The largest absolute Gasteiger partial charge is 0.451 e. The number of methoxy groups -OCH3 is 1. The van der Waals surface area contributed by atoms with E-state index >= 15 is 0 Å². The highest BCUT2D eigenvalue weighted by Crippen LogP contribution is 2.33. The summed E-state index contributed by atoms with van der Waals surface area (Å²) < 4.78 is 60.2. The van der Waals surface area contributed by atoms with Crippen LogP contribution in [0, 0.1) is 0 Å². The van der Waals surface area contributed by atoms with Gasteiger partial charge in [-0.15, -0.1) is 0 Å². The standard InChI is InChI=1S/C16H21F4N5O2/c1-27-10(7-26)6-11(17)25-8-21-12-13(22-9-4-2-3-5-9)23-15(16(18,19)20)24-14(12)25/h8-11,26H,2-7H2,1H3,(H,22,23,24). The molecule has 1 aliphatic carbocycles. The lowest BCUT2D eigenvalue weighted by molar-refractivity contribution is -0.144. The van der Waals surface area contributed by atoms with Crippen molar-refractivity contribution in [1.29, 1.82) is 0 Å². The summed E-state index contributed by atoms with van der Waals surface area (Å²) in [7, 11) is 1.31. The second-order valence-electron chi connectivity index (χ2n) is 6.55. The molecule has 0 radical (unpaired) electrons. The normalized spacial score (nSPS) is 18.1. The Bertz CT molecular complexity index is 772. The molecule has 2 atom stereocenters. The van der Waals surface area contributed by atoms with Crippen LogP contribution in [-0.2, 0) is 10.9 Å². The summed E-state index contributed by atoms with van der Waals surface area (Å²) in [6.45, 7) is -0.416. The fraction of sp³-hybridized carbons (Fsp3) is 0.688. The van der Waals surface area contributed by atoms with E-state index in [4.69, 9.17) is 9.84 Å². The highest BCUT2D eigenvalue weighted by atomic mass is 19.4. The topological polar surface area (TPSA) is 85.1 Å². The smallest absolute Gasteiger partial charge is 0.394 e. The number of fused-ring (bicyclic) bond motifs is 1. The molecule has 3 rings (SSSR count). The molecule has 0 aliphatic heterocycles. The first-order valence-corrected chi connectivity index (χ1v) is 8.69. The van der Waals surface area contributed by atoms with Gasteiger partial charge in [0.15, 0.2) is 23.3 Å². The van der Waals surface area contributed by atoms with E-state index in [1.54, 1.807) is 0 Å². The fourth-order valence-electron chi connectivity index (χ4n) is 3.19. The van der Waals surface area contributed by atoms with Crippen LogP contribution in [0.15, 0.2) is 6.33 Å². The Balaban J connectivity index is 2.01. The first-order valence-electron chi connectivity index (χ1n) is 8.69. The Labute approximate surface area is 152 Å². The predicted octanol–water partition coefficient (Wildman–Crippen LogP) is 3.07. The number of aliphatic hydroxyl groups is 1. The van der Waals surface area contributed by atoms with Gasteiger partial charge in [-0.05, 0) is 12.8 Å². The van der Waals surface area contributed by atoms with Gasteiger partial charge < -0.3 is 15.2 Å². The van der Waals surface area contributed by atoms with Gasteiger partial charge in [-0.3, -0.25) is 4.57 Å². The molecule has 0 aromatic carbocycles. The first kappa shape index (κ1) is 19.7. The zero-order valence-electron chi connectivity index (χ0n) is 14.7. The maximum absolute atomic E-state index is 14.7. The summed E-state index contributed by atoms with van der Waals surface area (Å²) in [6.07, 6.45) is -2.88. The maximum Gasteiger partial charge on any atom is 0.451 e. The monoisotopic (exact) mass is 391 g/mol. The highest BCUT2D eigenvalue weighted by molar-refractivity contribution is 5.83. The molecule has 2 aromatic rings. The van der Waals surface area contributed by atoms with Crippen molar-refractivity contribution < 1.29 is 27.4 Å². The van der Waals surface area contributed by atoms with Gasteiger partial charge in [-0.25, -0.2) is 19.3 Å². The highest BCUT2D eigenvalue weighted by Gasteiger charge is 2.37. The van der Waals surface area contributed by atoms with Crippen molar-refractivity contribution >= 4 is 17.0 Å². The molecule has 7 nitrogen and oxygen atoms in total. The number of anilines is 1. The Morgan fingerprint density at radius 1 is 1.33 bits per heavy atom. The molecule has 0 bridgehead atoms. The van der Waals surface area contributed by atoms with E-state index in [0.29, 0.717) is 0 Å². The van der Waals surface area contributed by atoms with E-state index in [2.05, 4.69) is 20.3 Å². The predicted molar refractivity (Wildman–Crippen MR) is 88.8 cm³/mol. The fourth-order valence-corrected chi connectivity index (χ4v) is 3.19. The molecular formula is C16H21F4N5O2. The van der Waals surface area contributed by atoms with Gasteiger partial charge in [0.05, 0.1) is 19.0 Å². The number of hydrogen-bond acceptors (Lipinski definition) is 6. The van der Waals surface area contributed by atoms with Gasteiger partial charge in [0, 0.05) is 19.6 Å². The van der Waals surface area contributed by atoms with Crippen LogP contribution in [0.5, 0.6) is 0 Å². The number of nitrogens with one attached hydrogen (secondary N) is 1. The molecule has 0 amide bonds. The minimum absolute atomic E-state index is 0.00256. The summed E-state index contributed by atoms with van der Waals surface area (Å²) in [5.41, 5.74) is -0.173. The van der Waals surface area contributed by atoms with E-state index < -0.39 is 31.0 Å². The average Bonchev–Trinajstić information content (AvgIpc) is 3.28. The van der Waals surface area contributed by atoms with Gasteiger partial charge in [0.2, 0.25) is 5.82 Å². The number of imidazole rings is 1. The third-order valence-electron chi connectivity index (χ3n) is 4.67. The van der Waals surface area contributed by atoms with Gasteiger partial charge in [-0.1, -0.05) is 12.8 Å². The van der Waals surface area contributed by atoms with E-state index in [1.807, 2.05) is 0 Å². The Morgan fingerprint density at radius 2 is 2.04 bits per heavy atom. The average molecular weight is 391 g/mol. The van der Waals surface area contributed by atoms with Crippen molar-refractivity contribution in [2.45, 2.75) is 56.7 Å². The van der Waals surface area contributed by atoms with Crippen molar-refractivity contribution in [1.82, 2.24) is 19.5 Å². The van der Waals surface area contributed by atoms with Crippen LogP contribution in [0.4, 0.5) is 23.4 Å². The third-order valence-corrected chi connectivity index (χ3v) is 4.67. The second kappa shape index (κ2) is 7.93. The number of rotatable bonds is 7. The Morgan fingerprint density at radius 3 is 2.63 bits per heavy atom. The van der Waals surface area contributed by atoms with Gasteiger partial charge in [0.1, 0.15) is 0 Å². The van der Waals surface area contributed by atoms with Crippen molar-refractivity contribution in [3.05, 3.63) is 12.2 Å². The molecule has 1 fully saturated rings. The van der Waals surface area contributed by atoms with E-state index in [1.165, 1.54) is 7.11 Å². The molecule has 2 heterocycles. The minimum atomic E-state index is -4.78. The summed E-state index contributed by atoms with van der Waals surface area (Å²) >= 11 is 0. The lowest BCUT2D eigenvalue weighted by Crippen LogP contribution is -2.21. The van der Waals surface area contributed by atoms with Crippen molar-refractivity contribution in [3.63, 3.8) is 0 Å². The number of aromatic nitrogens is 4. The Hall–Kier alpha value is -2.01. The zero-order valence-corrected chi connectivity index (χ0v) is 14.7. The quantitative estimate of drug-likeness (QED) is 0.706. The summed E-state index contributed by atoms with van der Waals surface area (Å²) in [6, 6.07) is 0.00256. The van der Waals surface area contributed by atoms with Crippen LogP contribution in [-0.4, -0.2) is 50.5 Å². The molecule has 2 N–H and O–H groups in total. The van der Waals surface area contributed by atoms with Crippen LogP contribution in [0.2, 0.25) is 0 Å². The number of ether oxygens (including phenoxy) is 1. The number of nitrogens with zero attached hydrogens (tertiary/aromatic N) is 4. The van der Waals surface area contributed by atoms with Crippen LogP contribution in [0.25, 0.3) is 11.2 Å². The van der Waals surface area contributed by atoms with Crippen LogP contribution < -0.4 is 5.32 Å². The zero-order chi connectivity index (χ0) is 19.6. The molecule has 11 heteroatoms. The number of aliphatic hydroxyl groups excluding tert-OH is 1. The summed E-state index contributed by atoms with van der Waals surface area (Å²) in [4.78, 5) is 11.1. The van der Waals surface area contributed by atoms with Gasteiger partial charge >= 0.3 is 6.18 Å². The van der Waals surface area contributed by atoms with Crippen LogP contribution >= 0.6 is 0 Å². The van der Waals surface area contributed by atoms with Crippen molar-refractivity contribution in [3.8, 4) is 0 Å². The van der Waals surface area contributed by atoms with Gasteiger partial charge in [0.25, 0.3) is 0 Å². The first-order chi connectivity index (χ1) is 12.8. The lowest BCUT2D eigenvalue weighted by atomic mass is 10.2. The molecule has 150 valence electrons. The number of alkyl halides is 4. The molecule has 0 saturated heterocycles. The van der Waals surface area contributed by atoms with Crippen molar-refractivity contribution in [2.24, 2.45) is 0 Å². The molecule has 1 saturated carbocycles. The van der Waals surface area contributed by atoms with Crippen LogP contribution in [0.3, 0.4) is 0 Å². The SMILES string of the molecule is COC(CO)CC(F)n1cnc2c(NC3CCCC3)nc(C(F)(F)F)nc21. The molecule has 0 spiro atoms.